The number of fused-ring (bicyclic) bond motifs is 1. The fraction of sp³-hybridized carbons (Fsp3) is 0.500. The molecule has 0 saturated carbocycles. The highest BCUT2D eigenvalue weighted by Gasteiger charge is 2.52. The van der Waals surface area contributed by atoms with E-state index in [9.17, 15) is 13.2 Å². The Kier molecular flexibility index (Phi) is 2.58. The molecule has 0 bridgehead atoms. The van der Waals surface area contributed by atoms with Gasteiger partial charge in [-0.25, -0.2) is 4.98 Å². The summed E-state index contributed by atoms with van der Waals surface area (Å²) in [5, 5.41) is 7.18. The Morgan fingerprint density at radius 2 is 1.83 bits per heavy atom. The predicted octanol–water partition coefficient (Wildman–Crippen LogP) is 1.48. The molecule has 2 aromatic heterocycles. The Balaban J connectivity index is 2.74. The summed E-state index contributed by atoms with van der Waals surface area (Å²) in [6.45, 7) is 4.25. The molecule has 0 fully saturated rings. The lowest BCUT2D eigenvalue weighted by atomic mass is 10.0. The van der Waals surface area contributed by atoms with Crippen LogP contribution < -0.4 is 5.73 Å². The van der Waals surface area contributed by atoms with Crippen molar-refractivity contribution >= 4 is 5.78 Å². The lowest BCUT2D eigenvalue weighted by Crippen LogP contribution is -2.49. The van der Waals surface area contributed by atoms with E-state index >= 15 is 0 Å². The number of aromatic nitrogens is 4. The Hall–Kier alpha value is -1.70. The van der Waals surface area contributed by atoms with Crippen molar-refractivity contribution in [2.24, 2.45) is 5.73 Å². The van der Waals surface area contributed by atoms with Gasteiger partial charge in [0.15, 0.2) is 11.4 Å². The molecule has 2 N–H and O–H groups in total. The van der Waals surface area contributed by atoms with Gasteiger partial charge in [-0.2, -0.15) is 13.2 Å². The summed E-state index contributed by atoms with van der Waals surface area (Å²) < 4.78 is 39.9. The van der Waals surface area contributed by atoms with Gasteiger partial charge in [0.1, 0.15) is 0 Å². The summed E-state index contributed by atoms with van der Waals surface area (Å²) in [5.41, 5.74) is 3.99. The Bertz CT molecular complexity index is 599. The molecule has 2 aromatic rings. The molecular weight excluding hydrogens is 247 g/mol. The highest BCUT2D eigenvalue weighted by atomic mass is 19.4. The average molecular weight is 259 g/mol. The molecule has 0 aliphatic heterocycles. The van der Waals surface area contributed by atoms with Gasteiger partial charge in [0.05, 0.1) is 0 Å². The molecule has 18 heavy (non-hydrogen) atoms. The van der Waals surface area contributed by atoms with E-state index in [0.717, 1.165) is 6.92 Å². The molecule has 5 nitrogen and oxygen atoms in total. The molecular formula is C10H12F3N5. The lowest BCUT2D eigenvalue weighted by molar-refractivity contribution is -0.186. The SMILES string of the molecule is Cc1cc(C)n2c(C(C)(N)C(F)(F)F)nnc2n1. The van der Waals surface area contributed by atoms with Crippen molar-refractivity contribution in [2.45, 2.75) is 32.5 Å². The van der Waals surface area contributed by atoms with Crippen LogP contribution >= 0.6 is 0 Å². The van der Waals surface area contributed by atoms with Gasteiger partial charge in [0.25, 0.3) is 5.78 Å². The molecule has 1 atom stereocenters. The molecule has 0 aliphatic carbocycles. The molecule has 1 unspecified atom stereocenters. The van der Waals surface area contributed by atoms with Gasteiger partial charge in [-0.3, -0.25) is 4.40 Å². The smallest absolute Gasteiger partial charge is 0.311 e. The van der Waals surface area contributed by atoms with Crippen molar-refractivity contribution in [1.29, 1.82) is 0 Å². The maximum Gasteiger partial charge on any atom is 0.413 e. The van der Waals surface area contributed by atoms with Gasteiger partial charge >= 0.3 is 6.18 Å². The Morgan fingerprint density at radius 1 is 1.22 bits per heavy atom. The first-order valence-electron chi connectivity index (χ1n) is 5.20. The van der Waals surface area contributed by atoms with Crippen LogP contribution in [0.4, 0.5) is 13.2 Å². The minimum absolute atomic E-state index is 0.114. The number of hydrogen-bond donors (Lipinski definition) is 1. The number of nitrogens with two attached hydrogens (primary N) is 1. The van der Waals surface area contributed by atoms with Crippen molar-refractivity contribution < 1.29 is 13.2 Å². The molecule has 0 spiro atoms. The van der Waals surface area contributed by atoms with Gasteiger partial charge in [0.2, 0.25) is 0 Å². The maximum atomic E-state index is 12.9. The number of rotatable bonds is 1. The van der Waals surface area contributed by atoms with Crippen LogP contribution in [0.5, 0.6) is 0 Å². The molecule has 2 heterocycles. The normalized spacial score (nSPS) is 15.9. The summed E-state index contributed by atoms with van der Waals surface area (Å²) in [5.74, 6) is -0.251. The quantitative estimate of drug-likeness (QED) is 0.842. The van der Waals surface area contributed by atoms with Crippen molar-refractivity contribution in [2.75, 3.05) is 0 Å². The Labute approximate surface area is 101 Å². The van der Waals surface area contributed by atoms with Gasteiger partial charge in [0, 0.05) is 11.4 Å². The fourth-order valence-corrected chi connectivity index (χ4v) is 1.69. The van der Waals surface area contributed by atoms with Crippen molar-refractivity contribution in [1.82, 2.24) is 19.6 Å². The molecule has 0 saturated heterocycles. The Morgan fingerprint density at radius 3 is 2.39 bits per heavy atom. The van der Waals surface area contributed by atoms with Crippen molar-refractivity contribution in [3.05, 3.63) is 23.3 Å². The topological polar surface area (TPSA) is 69.1 Å². The van der Waals surface area contributed by atoms with Gasteiger partial charge < -0.3 is 5.73 Å². The van der Waals surface area contributed by atoms with Crippen LogP contribution in [0.25, 0.3) is 5.78 Å². The highest BCUT2D eigenvalue weighted by molar-refractivity contribution is 5.34. The predicted molar refractivity (Wildman–Crippen MR) is 57.9 cm³/mol. The van der Waals surface area contributed by atoms with E-state index in [1.165, 1.54) is 4.40 Å². The third kappa shape index (κ3) is 1.72. The zero-order chi connectivity index (χ0) is 13.7. The number of nitrogens with zero attached hydrogens (tertiary/aromatic N) is 4. The minimum atomic E-state index is -4.62. The lowest BCUT2D eigenvalue weighted by Gasteiger charge is -2.25. The molecule has 0 aromatic carbocycles. The molecule has 98 valence electrons. The van der Waals surface area contributed by atoms with Crippen molar-refractivity contribution in [3.8, 4) is 0 Å². The molecule has 8 heteroatoms. The summed E-state index contributed by atoms with van der Waals surface area (Å²) >= 11 is 0. The average Bonchev–Trinajstić information content (AvgIpc) is 2.59. The number of aryl methyl sites for hydroxylation is 2. The van der Waals surface area contributed by atoms with Crippen LogP contribution in [-0.2, 0) is 5.54 Å². The summed E-state index contributed by atoms with van der Waals surface area (Å²) in [6.07, 6.45) is -4.62. The van der Waals surface area contributed by atoms with E-state index in [2.05, 4.69) is 15.2 Å². The van der Waals surface area contributed by atoms with E-state index in [1.807, 2.05) is 0 Å². The van der Waals surface area contributed by atoms with Crippen LogP contribution in [0.3, 0.4) is 0 Å². The highest BCUT2D eigenvalue weighted by Crippen LogP contribution is 2.35. The zero-order valence-corrected chi connectivity index (χ0v) is 10.1. The third-order valence-corrected chi connectivity index (χ3v) is 2.75. The first-order valence-corrected chi connectivity index (χ1v) is 5.20. The van der Waals surface area contributed by atoms with Gasteiger partial charge in [-0.05, 0) is 26.8 Å². The number of halogens is 3. The van der Waals surface area contributed by atoms with Crippen LogP contribution in [0.15, 0.2) is 6.07 Å². The molecule has 0 amide bonds. The standard InChI is InChI=1S/C10H12F3N5/c1-5-4-6(2)18-7(16-17-8(18)15-5)9(3,14)10(11,12)13/h4H,14H2,1-3H3. The van der Waals surface area contributed by atoms with Crippen molar-refractivity contribution in [3.63, 3.8) is 0 Å². The largest absolute Gasteiger partial charge is 0.413 e. The van der Waals surface area contributed by atoms with E-state index < -0.39 is 11.7 Å². The van der Waals surface area contributed by atoms with Crippen LogP contribution in [0.2, 0.25) is 0 Å². The first-order chi connectivity index (χ1) is 8.14. The second-order valence-electron chi connectivity index (χ2n) is 4.40. The monoisotopic (exact) mass is 259 g/mol. The van der Waals surface area contributed by atoms with E-state index in [-0.39, 0.29) is 11.6 Å². The maximum absolute atomic E-state index is 12.9. The summed E-state index contributed by atoms with van der Waals surface area (Å²) in [7, 11) is 0. The second kappa shape index (κ2) is 3.64. The molecule has 0 radical (unpaired) electrons. The first kappa shape index (κ1) is 12.7. The summed E-state index contributed by atoms with van der Waals surface area (Å²) in [4.78, 5) is 4.02. The van der Waals surface area contributed by atoms with Gasteiger partial charge in [-0.15, -0.1) is 10.2 Å². The van der Waals surface area contributed by atoms with Crippen LogP contribution in [-0.4, -0.2) is 25.8 Å². The van der Waals surface area contributed by atoms with E-state index in [0.29, 0.717) is 11.4 Å². The van der Waals surface area contributed by atoms with Crippen LogP contribution in [0.1, 0.15) is 24.1 Å². The fourth-order valence-electron chi connectivity index (χ4n) is 1.69. The summed E-state index contributed by atoms with van der Waals surface area (Å²) in [6, 6.07) is 1.65. The van der Waals surface area contributed by atoms with Gasteiger partial charge in [-0.1, -0.05) is 0 Å². The van der Waals surface area contributed by atoms with E-state index in [1.54, 1.807) is 19.9 Å². The third-order valence-electron chi connectivity index (χ3n) is 2.75. The zero-order valence-electron chi connectivity index (χ0n) is 10.1. The van der Waals surface area contributed by atoms with Crippen LogP contribution in [0, 0.1) is 13.8 Å². The minimum Gasteiger partial charge on any atom is -0.311 e. The number of alkyl halides is 3. The van der Waals surface area contributed by atoms with E-state index in [4.69, 9.17) is 5.73 Å². The molecule has 2 rings (SSSR count). The number of hydrogen-bond acceptors (Lipinski definition) is 4. The second-order valence-corrected chi connectivity index (χ2v) is 4.40. The molecule has 0 aliphatic rings.